The van der Waals surface area contributed by atoms with Crippen molar-refractivity contribution in [1.82, 2.24) is 14.6 Å². The Kier molecular flexibility index (Phi) is 2.63. The fourth-order valence-electron chi connectivity index (χ4n) is 2.08. The molecule has 20 heavy (non-hydrogen) atoms. The van der Waals surface area contributed by atoms with Gasteiger partial charge in [-0.15, -0.1) is 0 Å². The molecule has 102 valence electrons. The lowest BCUT2D eigenvalue weighted by Crippen LogP contribution is -2.19. The maximum Gasteiger partial charge on any atom is 0.277 e. The van der Waals surface area contributed by atoms with Crippen LogP contribution in [0.4, 0.5) is 13.2 Å². The first-order valence-corrected chi connectivity index (χ1v) is 5.70. The molecule has 0 unspecified atom stereocenters. The summed E-state index contributed by atoms with van der Waals surface area (Å²) in [7, 11) is 0. The molecule has 2 aromatic heterocycles. The first-order valence-electron chi connectivity index (χ1n) is 5.70. The highest BCUT2D eigenvalue weighted by Gasteiger charge is 2.19. The van der Waals surface area contributed by atoms with Crippen molar-refractivity contribution in [3.63, 3.8) is 0 Å². The van der Waals surface area contributed by atoms with E-state index in [9.17, 15) is 18.0 Å². The van der Waals surface area contributed by atoms with Crippen LogP contribution >= 0.6 is 0 Å². The van der Waals surface area contributed by atoms with E-state index in [2.05, 4.69) is 10.1 Å². The zero-order valence-corrected chi connectivity index (χ0v) is 10.2. The van der Waals surface area contributed by atoms with E-state index >= 15 is 0 Å². The van der Waals surface area contributed by atoms with Gasteiger partial charge in [0.05, 0.1) is 17.5 Å². The molecule has 0 fully saturated rings. The smallest absolute Gasteiger partial charge is 0.277 e. The molecule has 3 aromatic rings. The molecule has 0 saturated heterocycles. The molecule has 0 amide bonds. The van der Waals surface area contributed by atoms with Crippen molar-refractivity contribution in [3.05, 3.63) is 57.8 Å². The lowest BCUT2D eigenvalue weighted by molar-refractivity contribution is 0.547. The molecule has 0 aliphatic rings. The summed E-state index contributed by atoms with van der Waals surface area (Å²) in [5.41, 5.74) is -0.617. The van der Waals surface area contributed by atoms with Gasteiger partial charge < -0.3 is 4.98 Å². The molecular formula is C13H8F3N3O. The van der Waals surface area contributed by atoms with Gasteiger partial charge in [-0.1, -0.05) is 0 Å². The molecular weight excluding hydrogens is 271 g/mol. The number of halogens is 3. The molecule has 2 heterocycles. The van der Waals surface area contributed by atoms with Crippen molar-refractivity contribution < 1.29 is 13.2 Å². The maximum atomic E-state index is 13.8. The summed E-state index contributed by atoms with van der Waals surface area (Å²) in [6, 6.07) is 2.62. The normalized spacial score (nSPS) is 11.2. The van der Waals surface area contributed by atoms with Gasteiger partial charge in [-0.3, -0.25) is 4.79 Å². The number of aromatic nitrogens is 3. The van der Waals surface area contributed by atoms with Gasteiger partial charge in [0.15, 0.2) is 0 Å². The minimum atomic E-state index is -1.08. The molecule has 0 spiro atoms. The van der Waals surface area contributed by atoms with E-state index in [4.69, 9.17) is 0 Å². The number of aromatic amines is 1. The number of H-pyrrole nitrogens is 1. The van der Waals surface area contributed by atoms with E-state index in [1.807, 2.05) is 0 Å². The molecule has 7 heteroatoms. The zero-order valence-electron chi connectivity index (χ0n) is 10.2. The Bertz CT molecular complexity index is 859. The highest BCUT2D eigenvalue weighted by Crippen LogP contribution is 2.27. The molecule has 0 radical (unpaired) electrons. The van der Waals surface area contributed by atoms with Gasteiger partial charge in [0.1, 0.15) is 23.1 Å². The first-order chi connectivity index (χ1) is 9.49. The first kappa shape index (κ1) is 12.5. The monoisotopic (exact) mass is 279 g/mol. The van der Waals surface area contributed by atoms with Crippen LogP contribution in [0.5, 0.6) is 0 Å². The van der Waals surface area contributed by atoms with Crippen LogP contribution in [-0.4, -0.2) is 14.6 Å². The summed E-state index contributed by atoms with van der Waals surface area (Å²) in [6.45, 7) is 1.41. The predicted molar refractivity (Wildman–Crippen MR) is 65.9 cm³/mol. The van der Waals surface area contributed by atoms with E-state index < -0.39 is 28.6 Å². The third-order valence-electron chi connectivity index (χ3n) is 3.04. The van der Waals surface area contributed by atoms with Crippen molar-refractivity contribution in [2.45, 2.75) is 6.92 Å². The number of benzene rings is 1. The van der Waals surface area contributed by atoms with Gasteiger partial charge in [0, 0.05) is 23.8 Å². The third-order valence-corrected chi connectivity index (χ3v) is 3.04. The molecule has 0 bridgehead atoms. The fraction of sp³-hybridized carbons (Fsp3) is 0.0769. The number of hydrogen-bond donors (Lipinski definition) is 1. The Labute approximate surface area is 110 Å². The Morgan fingerprint density at radius 1 is 1.20 bits per heavy atom. The summed E-state index contributed by atoms with van der Waals surface area (Å²) in [5.74, 6) is -3.18. The number of nitrogens with one attached hydrogen (secondary N) is 1. The number of hydrogen-bond acceptors (Lipinski definition) is 2. The second kappa shape index (κ2) is 4.22. The second-order valence-corrected chi connectivity index (χ2v) is 4.30. The molecule has 4 nitrogen and oxygen atoms in total. The topological polar surface area (TPSA) is 50.2 Å². The number of nitrogens with zero attached hydrogens (tertiary/aromatic N) is 2. The highest BCUT2D eigenvalue weighted by molar-refractivity contribution is 5.66. The zero-order chi connectivity index (χ0) is 14.4. The predicted octanol–water partition coefficient (Wildman–Crippen LogP) is 2.42. The van der Waals surface area contributed by atoms with Crippen LogP contribution in [0.25, 0.3) is 16.9 Å². The highest BCUT2D eigenvalue weighted by atomic mass is 19.1. The van der Waals surface area contributed by atoms with Crippen molar-refractivity contribution in [3.8, 4) is 11.3 Å². The van der Waals surface area contributed by atoms with Crippen LogP contribution in [0.3, 0.4) is 0 Å². The molecule has 0 saturated carbocycles. The largest absolute Gasteiger partial charge is 0.339 e. The molecule has 0 aliphatic carbocycles. The average Bonchev–Trinajstić information content (AvgIpc) is 2.82. The fourth-order valence-corrected chi connectivity index (χ4v) is 2.08. The standard InChI is InChI=1S/C13H8F3N3O/c1-6-12(11-8(15)4-7(14)5-9(11)16)18-10-2-3-17-19(10)13(6)20/h2-5,18H,1H3. The van der Waals surface area contributed by atoms with Crippen molar-refractivity contribution in [2.75, 3.05) is 0 Å². The van der Waals surface area contributed by atoms with Crippen LogP contribution in [0.2, 0.25) is 0 Å². The van der Waals surface area contributed by atoms with Gasteiger partial charge in [-0.25, -0.2) is 13.2 Å². The SMILES string of the molecule is Cc1c(-c2c(F)cc(F)cc2F)[nH]c2ccnn2c1=O. The van der Waals surface area contributed by atoms with Crippen LogP contribution in [0.15, 0.2) is 29.2 Å². The minimum absolute atomic E-state index is 0.0296. The van der Waals surface area contributed by atoms with Gasteiger partial charge in [-0.2, -0.15) is 9.61 Å². The summed E-state index contributed by atoms with van der Waals surface area (Å²) in [4.78, 5) is 14.8. The van der Waals surface area contributed by atoms with E-state index in [1.165, 1.54) is 19.2 Å². The lowest BCUT2D eigenvalue weighted by atomic mass is 10.1. The van der Waals surface area contributed by atoms with Gasteiger partial charge in [0.25, 0.3) is 5.56 Å². The van der Waals surface area contributed by atoms with Crippen molar-refractivity contribution >= 4 is 5.65 Å². The van der Waals surface area contributed by atoms with Crippen molar-refractivity contribution in [2.24, 2.45) is 0 Å². The quantitative estimate of drug-likeness (QED) is 0.743. The minimum Gasteiger partial charge on any atom is -0.339 e. The van der Waals surface area contributed by atoms with E-state index in [0.717, 1.165) is 4.52 Å². The summed E-state index contributed by atoms with van der Waals surface area (Å²) in [5, 5.41) is 3.80. The van der Waals surface area contributed by atoms with Crippen LogP contribution in [-0.2, 0) is 0 Å². The summed E-state index contributed by atoms with van der Waals surface area (Å²) < 4.78 is 41.6. The van der Waals surface area contributed by atoms with E-state index in [-0.39, 0.29) is 11.3 Å². The third kappa shape index (κ3) is 1.70. The van der Waals surface area contributed by atoms with E-state index in [0.29, 0.717) is 17.8 Å². The Balaban J connectivity index is 2.41. The summed E-state index contributed by atoms with van der Waals surface area (Å²) in [6.07, 6.45) is 1.38. The van der Waals surface area contributed by atoms with Gasteiger partial charge in [0.2, 0.25) is 0 Å². The average molecular weight is 279 g/mol. The molecule has 1 aromatic carbocycles. The Hall–Kier alpha value is -2.57. The maximum absolute atomic E-state index is 13.8. The molecule has 3 rings (SSSR count). The van der Waals surface area contributed by atoms with Crippen LogP contribution in [0.1, 0.15) is 5.56 Å². The van der Waals surface area contributed by atoms with Crippen LogP contribution in [0, 0.1) is 24.4 Å². The Morgan fingerprint density at radius 3 is 2.50 bits per heavy atom. The van der Waals surface area contributed by atoms with Gasteiger partial charge in [-0.05, 0) is 6.92 Å². The molecule has 0 atom stereocenters. The molecule has 1 N–H and O–H groups in total. The number of rotatable bonds is 1. The Morgan fingerprint density at radius 2 is 1.85 bits per heavy atom. The van der Waals surface area contributed by atoms with Gasteiger partial charge >= 0.3 is 0 Å². The van der Waals surface area contributed by atoms with Crippen LogP contribution < -0.4 is 5.56 Å². The van der Waals surface area contributed by atoms with Crippen molar-refractivity contribution in [1.29, 1.82) is 0 Å². The lowest BCUT2D eigenvalue weighted by Gasteiger charge is -2.09. The van der Waals surface area contributed by atoms with E-state index in [1.54, 1.807) is 0 Å². The second-order valence-electron chi connectivity index (χ2n) is 4.30. The summed E-state index contributed by atoms with van der Waals surface area (Å²) >= 11 is 0. The number of fused-ring (bicyclic) bond motifs is 1. The molecule has 0 aliphatic heterocycles.